The number of carbonyl (C=O) groups is 1. The Morgan fingerprint density at radius 3 is 2.82 bits per heavy atom. The second kappa shape index (κ2) is 5.10. The monoisotopic (exact) mass is 247 g/mol. The molecule has 3 nitrogen and oxygen atoms in total. The van der Waals surface area contributed by atoms with E-state index in [0.717, 1.165) is 10.7 Å². The Hall–Kier alpha value is -1.68. The Labute approximate surface area is 104 Å². The van der Waals surface area contributed by atoms with Crippen LogP contribution in [-0.2, 0) is 6.42 Å². The van der Waals surface area contributed by atoms with Gasteiger partial charge in [-0.2, -0.15) is 0 Å². The lowest BCUT2D eigenvalue weighted by atomic mass is 10.1. The molecule has 0 N–H and O–H groups in total. The number of para-hydroxylation sites is 1. The van der Waals surface area contributed by atoms with Crippen LogP contribution in [0.5, 0.6) is 5.75 Å². The summed E-state index contributed by atoms with van der Waals surface area (Å²) in [5, 5.41) is 2.90. The molecule has 0 saturated carbocycles. The van der Waals surface area contributed by atoms with Crippen LogP contribution in [-0.4, -0.2) is 17.9 Å². The van der Waals surface area contributed by atoms with E-state index in [2.05, 4.69) is 4.98 Å². The molecule has 0 aliphatic rings. The predicted molar refractivity (Wildman–Crippen MR) is 67.9 cm³/mol. The highest BCUT2D eigenvalue weighted by atomic mass is 32.1. The Morgan fingerprint density at radius 2 is 2.18 bits per heavy atom. The molecule has 0 unspecified atom stereocenters. The van der Waals surface area contributed by atoms with Crippen molar-refractivity contribution in [1.82, 2.24) is 4.98 Å². The molecule has 1 heterocycles. The van der Waals surface area contributed by atoms with Gasteiger partial charge in [0.2, 0.25) is 0 Å². The SMILES string of the molecule is COc1ccccc1C(=O)Cc1csc(C)n1. The average molecular weight is 247 g/mol. The number of ether oxygens (including phenoxy) is 1. The van der Waals surface area contributed by atoms with E-state index in [1.807, 2.05) is 24.4 Å². The van der Waals surface area contributed by atoms with Crippen molar-refractivity contribution in [2.24, 2.45) is 0 Å². The molecule has 88 valence electrons. The number of rotatable bonds is 4. The molecule has 0 aliphatic heterocycles. The first kappa shape index (κ1) is 11.8. The number of benzene rings is 1. The minimum atomic E-state index is 0.0350. The number of aryl methyl sites for hydroxylation is 1. The molecule has 2 aromatic rings. The number of aromatic nitrogens is 1. The molecule has 4 heteroatoms. The van der Waals surface area contributed by atoms with Gasteiger partial charge in [-0.3, -0.25) is 4.79 Å². The molecule has 17 heavy (non-hydrogen) atoms. The first-order chi connectivity index (χ1) is 8.20. The largest absolute Gasteiger partial charge is 0.496 e. The van der Waals surface area contributed by atoms with Crippen molar-refractivity contribution in [3.05, 3.63) is 45.9 Å². The summed E-state index contributed by atoms with van der Waals surface area (Å²) >= 11 is 1.56. The lowest BCUT2D eigenvalue weighted by molar-refractivity contribution is 0.0989. The van der Waals surface area contributed by atoms with Gasteiger partial charge in [0.05, 0.1) is 29.8 Å². The molecule has 0 aliphatic carbocycles. The van der Waals surface area contributed by atoms with Gasteiger partial charge in [0.15, 0.2) is 5.78 Å². The lowest BCUT2D eigenvalue weighted by Gasteiger charge is -2.05. The first-order valence-corrected chi connectivity index (χ1v) is 6.16. The van der Waals surface area contributed by atoms with Crippen LogP contribution in [0.4, 0.5) is 0 Å². The summed E-state index contributed by atoms with van der Waals surface area (Å²) in [4.78, 5) is 16.4. The highest BCUT2D eigenvalue weighted by Gasteiger charge is 2.13. The van der Waals surface area contributed by atoms with Gasteiger partial charge in [-0.15, -0.1) is 11.3 Å². The molecule has 0 bridgehead atoms. The fraction of sp³-hybridized carbons (Fsp3) is 0.231. The van der Waals surface area contributed by atoms with Gasteiger partial charge in [0, 0.05) is 5.38 Å². The molecular weight excluding hydrogens is 234 g/mol. The van der Waals surface area contributed by atoms with Gasteiger partial charge >= 0.3 is 0 Å². The predicted octanol–water partition coefficient (Wildman–Crippen LogP) is 2.89. The molecule has 0 saturated heterocycles. The molecule has 1 aromatic heterocycles. The zero-order valence-corrected chi connectivity index (χ0v) is 10.6. The summed E-state index contributed by atoms with van der Waals surface area (Å²) in [7, 11) is 1.57. The number of hydrogen-bond acceptors (Lipinski definition) is 4. The highest BCUT2D eigenvalue weighted by Crippen LogP contribution is 2.20. The van der Waals surface area contributed by atoms with Crippen LogP contribution in [0.3, 0.4) is 0 Å². The van der Waals surface area contributed by atoms with E-state index in [1.165, 1.54) is 0 Å². The topological polar surface area (TPSA) is 39.2 Å². The lowest BCUT2D eigenvalue weighted by Crippen LogP contribution is -2.05. The fourth-order valence-electron chi connectivity index (χ4n) is 1.62. The van der Waals surface area contributed by atoms with Crippen LogP contribution in [0.2, 0.25) is 0 Å². The number of Topliss-reactive ketones (excluding diaryl/α,β-unsaturated/α-hetero) is 1. The Balaban J connectivity index is 2.20. The van der Waals surface area contributed by atoms with Gasteiger partial charge in [0.25, 0.3) is 0 Å². The minimum Gasteiger partial charge on any atom is -0.496 e. The second-order valence-electron chi connectivity index (χ2n) is 3.66. The number of hydrogen-bond donors (Lipinski definition) is 0. The third kappa shape index (κ3) is 2.71. The van der Waals surface area contributed by atoms with Crippen molar-refractivity contribution in [2.45, 2.75) is 13.3 Å². The van der Waals surface area contributed by atoms with Crippen molar-refractivity contribution < 1.29 is 9.53 Å². The molecule has 0 spiro atoms. The number of ketones is 1. The molecule has 0 fully saturated rings. The number of methoxy groups -OCH3 is 1. The summed E-state index contributed by atoms with van der Waals surface area (Å²) in [6.45, 7) is 1.93. The van der Waals surface area contributed by atoms with Crippen molar-refractivity contribution in [1.29, 1.82) is 0 Å². The highest BCUT2D eigenvalue weighted by molar-refractivity contribution is 7.09. The number of carbonyl (C=O) groups excluding carboxylic acids is 1. The van der Waals surface area contributed by atoms with Gasteiger partial charge in [0.1, 0.15) is 5.75 Å². The Morgan fingerprint density at radius 1 is 1.41 bits per heavy atom. The first-order valence-electron chi connectivity index (χ1n) is 5.28. The van der Waals surface area contributed by atoms with Crippen LogP contribution < -0.4 is 4.74 Å². The van der Waals surface area contributed by atoms with E-state index in [9.17, 15) is 4.79 Å². The van der Waals surface area contributed by atoms with E-state index in [1.54, 1.807) is 30.6 Å². The maximum absolute atomic E-state index is 12.1. The second-order valence-corrected chi connectivity index (χ2v) is 4.72. The van der Waals surface area contributed by atoms with E-state index < -0.39 is 0 Å². The van der Waals surface area contributed by atoms with Crippen LogP contribution >= 0.6 is 11.3 Å². The maximum atomic E-state index is 12.1. The van der Waals surface area contributed by atoms with Gasteiger partial charge in [-0.25, -0.2) is 4.98 Å². The Kier molecular flexibility index (Phi) is 3.54. The van der Waals surface area contributed by atoms with E-state index in [0.29, 0.717) is 17.7 Å². The number of thiazole rings is 1. The van der Waals surface area contributed by atoms with Crippen LogP contribution in [0.15, 0.2) is 29.6 Å². The smallest absolute Gasteiger partial charge is 0.172 e. The fourth-order valence-corrected chi connectivity index (χ4v) is 2.24. The molecule has 0 radical (unpaired) electrons. The third-order valence-electron chi connectivity index (χ3n) is 2.42. The van der Waals surface area contributed by atoms with Crippen LogP contribution in [0, 0.1) is 6.92 Å². The normalized spacial score (nSPS) is 10.2. The number of nitrogens with zero attached hydrogens (tertiary/aromatic N) is 1. The quantitative estimate of drug-likeness (QED) is 0.780. The zero-order valence-electron chi connectivity index (χ0n) is 9.77. The average Bonchev–Trinajstić information content (AvgIpc) is 2.74. The third-order valence-corrected chi connectivity index (χ3v) is 3.24. The van der Waals surface area contributed by atoms with Gasteiger partial charge in [-0.1, -0.05) is 12.1 Å². The van der Waals surface area contributed by atoms with Crippen LogP contribution in [0.25, 0.3) is 0 Å². The van der Waals surface area contributed by atoms with E-state index >= 15 is 0 Å². The Bertz CT molecular complexity index is 534. The van der Waals surface area contributed by atoms with Crippen molar-refractivity contribution >= 4 is 17.1 Å². The van der Waals surface area contributed by atoms with E-state index in [4.69, 9.17) is 4.74 Å². The summed E-state index contributed by atoms with van der Waals surface area (Å²) in [6, 6.07) is 7.25. The van der Waals surface area contributed by atoms with Crippen molar-refractivity contribution in [2.75, 3.05) is 7.11 Å². The van der Waals surface area contributed by atoms with Crippen LogP contribution in [0.1, 0.15) is 21.1 Å². The summed E-state index contributed by atoms with van der Waals surface area (Å²) in [6.07, 6.45) is 0.324. The summed E-state index contributed by atoms with van der Waals surface area (Å²) < 4.78 is 5.17. The minimum absolute atomic E-state index is 0.0350. The zero-order chi connectivity index (χ0) is 12.3. The molecule has 2 rings (SSSR count). The molecule has 0 amide bonds. The van der Waals surface area contributed by atoms with Gasteiger partial charge < -0.3 is 4.74 Å². The van der Waals surface area contributed by atoms with Crippen molar-refractivity contribution in [3.63, 3.8) is 0 Å². The summed E-state index contributed by atoms with van der Waals surface area (Å²) in [5.74, 6) is 0.650. The standard InChI is InChI=1S/C13H13NO2S/c1-9-14-10(8-17-9)7-12(15)11-5-3-4-6-13(11)16-2/h3-6,8H,7H2,1-2H3. The van der Waals surface area contributed by atoms with E-state index in [-0.39, 0.29) is 5.78 Å². The molecule has 1 aromatic carbocycles. The van der Waals surface area contributed by atoms with Crippen molar-refractivity contribution in [3.8, 4) is 5.75 Å². The molecular formula is C13H13NO2S. The summed E-state index contributed by atoms with van der Waals surface area (Å²) in [5.41, 5.74) is 1.43. The molecule has 0 atom stereocenters. The van der Waals surface area contributed by atoms with Gasteiger partial charge in [-0.05, 0) is 19.1 Å². The maximum Gasteiger partial charge on any atom is 0.172 e.